The molecule has 0 saturated carbocycles. The molecule has 0 saturated heterocycles. The van der Waals surface area contributed by atoms with Crippen molar-refractivity contribution in [3.8, 4) is 0 Å². The van der Waals surface area contributed by atoms with Crippen LogP contribution in [0.2, 0.25) is 5.02 Å². The molecule has 1 aromatic heterocycles. The van der Waals surface area contributed by atoms with Crippen LogP contribution in [-0.2, 0) is 9.53 Å². The maximum atomic E-state index is 12.7. The SMILES string of the molecule is COC(=O)c1sc2ccc(Cl)cc2c1N(C)C(=O)C(F)(F)F. The van der Waals surface area contributed by atoms with Crippen LogP contribution in [0, 0.1) is 0 Å². The van der Waals surface area contributed by atoms with Gasteiger partial charge in [0.15, 0.2) is 0 Å². The van der Waals surface area contributed by atoms with Crippen molar-refractivity contribution in [2.24, 2.45) is 0 Å². The van der Waals surface area contributed by atoms with Crippen LogP contribution in [0.15, 0.2) is 18.2 Å². The van der Waals surface area contributed by atoms with Crippen LogP contribution in [0.1, 0.15) is 9.67 Å². The number of methoxy groups -OCH3 is 1. The number of fused-ring (bicyclic) bond motifs is 1. The van der Waals surface area contributed by atoms with E-state index in [0.29, 0.717) is 9.60 Å². The second-order valence-corrected chi connectivity index (χ2v) is 5.76. The molecule has 2 rings (SSSR count). The lowest BCUT2D eigenvalue weighted by molar-refractivity contribution is -0.170. The van der Waals surface area contributed by atoms with Crippen molar-refractivity contribution in [2.45, 2.75) is 6.18 Å². The Morgan fingerprint density at radius 1 is 1.32 bits per heavy atom. The molecule has 22 heavy (non-hydrogen) atoms. The van der Waals surface area contributed by atoms with Gasteiger partial charge in [0.1, 0.15) is 4.88 Å². The van der Waals surface area contributed by atoms with E-state index in [1.54, 1.807) is 6.07 Å². The molecule has 118 valence electrons. The topological polar surface area (TPSA) is 46.6 Å². The van der Waals surface area contributed by atoms with E-state index in [0.717, 1.165) is 25.5 Å². The molecule has 0 fully saturated rings. The van der Waals surface area contributed by atoms with Gasteiger partial charge in [-0.05, 0) is 18.2 Å². The van der Waals surface area contributed by atoms with Gasteiger partial charge in [0.25, 0.3) is 0 Å². The van der Waals surface area contributed by atoms with Gasteiger partial charge >= 0.3 is 18.1 Å². The molecule has 1 heterocycles. The van der Waals surface area contributed by atoms with Gasteiger partial charge in [0.05, 0.1) is 12.8 Å². The molecule has 4 nitrogen and oxygen atoms in total. The van der Waals surface area contributed by atoms with Gasteiger partial charge in [-0.2, -0.15) is 13.2 Å². The van der Waals surface area contributed by atoms with Crippen LogP contribution in [0.25, 0.3) is 10.1 Å². The highest BCUT2D eigenvalue weighted by atomic mass is 35.5. The van der Waals surface area contributed by atoms with Crippen LogP contribution < -0.4 is 4.90 Å². The predicted molar refractivity (Wildman–Crippen MR) is 77.6 cm³/mol. The van der Waals surface area contributed by atoms with Crippen LogP contribution in [0.5, 0.6) is 0 Å². The number of halogens is 4. The summed E-state index contributed by atoms with van der Waals surface area (Å²) in [5.41, 5.74) is -0.170. The van der Waals surface area contributed by atoms with Crippen molar-refractivity contribution in [3.63, 3.8) is 0 Å². The maximum Gasteiger partial charge on any atom is 0.471 e. The van der Waals surface area contributed by atoms with Gasteiger partial charge in [0, 0.05) is 22.2 Å². The summed E-state index contributed by atoms with van der Waals surface area (Å²) >= 11 is 6.78. The molecule has 1 aromatic carbocycles. The van der Waals surface area contributed by atoms with Gasteiger partial charge in [0.2, 0.25) is 0 Å². The quantitative estimate of drug-likeness (QED) is 0.772. The van der Waals surface area contributed by atoms with E-state index >= 15 is 0 Å². The van der Waals surface area contributed by atoms with Gasteiger partial charge in [-0.3, -0.25) is 4.79 Å². The fourth-order valence-electron chi connectivity index (χ4n) is 1.91. The van der Waals surface area contributed by atoms with Crippen molar-refractivity contribution in [1.82, 2.24) is 0 Å². The average Bonchev–Trinajstić information content (AvgIpc) is 2.82. The highest BCUT2D eigenvalue weighted by Gasteiger charge is 2.43. The standard InChI is InChI=1S/C13H9ClF3NO3S/c1-18(12(20)13(15,16)17)9-7-5-6(14)3-4-8(7)22-10(9)11(19)21-2/h3-5H,1-2H3. The predicted octanol–water partition coefficient (Wildman–Crippen LogP) is 3.87. The highest BCUT2D eigenvalue weighted by molar-refractivity contribution is 7.21. The Morgan fingerprint density at radius 3 is 2.50 bits per heavy atom. The highest BCUT2D eigenvalue weighted by Crippen LogP contribution is 2.40. The normalized spacial score (nSPS) is 11.5. The molecular weight excluding hydrogens is 343 g/mol. The summed E-state index contributed by atoms with van der Waals surface area (Å²) in [6, 6.07) is 4.50. The summed E-state index contributed by atoms with van der Waals surface area (Å²) in [6.07, 6.45) is -5.06. The summed E-state index contributed by atoms with van der Waals surface area (Å²) in [5.74, 6) is -2.91. The molecule has 2 aromatic rings. The van der Waals surface area contributed by atoms with E-state index in [9.17, 15) is 22.8 Å². The Hall–Kier alpha value is -1.80. The van der Waals surface area contributed by atoms with E-state index in [2.05, 4.69) is 4.74 Å². The number of rotatable bonds is 2. The Balaban J connectivity index is 2.70. The van der Waals surface area contributed by atoms with Crippen molar-refractivity contribution in [3.05, 3.63) is 28.1 Å². The summed E-state index contributed by atoms with van der Waals surface area (Å²) in [4.78, 5) is 23.6. The van der Waals surface area contributed by atoms with Crippen LogP contribution in [0.3, 0.4) is 0 Å². The number of hydrogen-bond donors (Lipinski definition) is 0. The van der Waals surface area contributed by atoms with Crippen molar-refractivity contribution >= 4 is 50.6 Å². The Morgan fingerprint density at radius 2 is 1.95 bits per heavy atom. The van der Waals surface area contributed by atoms with Gasteiger partial charge in [-0.1, -0.05) is 11.6 Å². The average molecular weight is 352 g/mol. The number of nitrogens with zero attached hydrogens (tertiary/aromatic N) is 1. The first kappa shape index (κ1) is 16.6. The zero-order chi connectivity index (χ0) is 16.7. The molecule has 0 atom stereocenters. The molecule has 1 amide bonds. The van der Waals surface area contributed by atoms with E-state index in [1.165, 1.54) is 12.1 Å². The molecular formula is C13H9ClF3NO3S. The molecule has 0 unspecified atom stereocenters. The van der Waals surface area contributed by atoms with E-state index < -0.39 is 18.1 Å². The monoisotopic (exact) mass is 351 g/mol. The van der Waals surface area contributed by atoms with Crippen LogP contribution in [-0.4, -0.2) is 32.2 Å². The number of amides is 1. The lowest BCUT2D eigenvalue weighted by Gasteiger charge is -2.19. The number of esters is 1. The van der Waals surface area contributed by atoms with Crippen molar-refractivity contribution < 1.29 is 27.5 Å². The first-order chi connectivity index (χ1) is 10.2. The maximum absolute atomic E-state index is 12.7. The van der Waals surface area contributed by atoms with Gasteiger partial charge in [-0.15, -0.1) is 11.3 Å². The Kier molecular flexibility index (Phi) is 4.35. The van der Waals surface area contributed by atoms with Crippen molar-refractivity contribution in [2.75, 3.05) is 19.1 Å². The molecule has 0 aliphatic rings. The van der Waals surface area contributed by atoms with Gasteiger partial charge in [-0.25, -0.2) is 4.79 Å². The zero-order valence-electron chi connectivity index (χ0n) is 11.3. The fourth-order valence-corrected chi connectivity index (χ4v) is 3.22. The Bertz CT molecular complexity index is 757. The number of alkyl halides is 3. The van der Waals surface area contributed by atoms with Crippen LogP contribution in [0.4, 0.5) is 18.9 Å². The minimum absolute atomic E-state index is 0.0973. The number of benzene rings is 1. The van der Waals surface area contributed by atoms with E-state index in [4.69, 9.17) is 11.6 Å². The number of thiophene rings is 1. The van der Waals surface area contributed by atoms with Gasteiger partial charge < -0.3 is 9.64 Å². The summed E-state index contributed by atoms with van der Waals surface area (Å²) in [5, 5.41) is 0.550. The lowest BCUT2D eigenvalue weighted by atomic mass is 10.2. The number of carbonyl (C=O) groups excluding carboxylic acids is 2. The first-order valence-corrected chi connectivity index (χ1v) is 7.01. The molecule has 0 radical (unpaired) electrons. The molecule has 0 aliphatic heterocycles. The third-order valence-electron chi connectivity index (χ3n) is 2.88. The lowest BCUT2D eigenvalue weighted by Crippen LogP contribution is -2.39. The largest absolute Gasteiger partial charge is 0.471 e. The summed E-state index contributed by atoms with van der Waals surface area (Å²) in [7, 11) is 2.06. The number of anilines is 1. The Labute approximate surface area is 132 Å². The second kappa shape index (κ2) is 5.77. The molecule has 0 N–H and O–H groups in total. The third kappa shape index (κ3) is 2.89. The third-order valence-corrected chi connectivity index (χ3v) is 4.25. The first-order valence-electron chi connectivity index (χ1n) is 5.82. The number of carbonyl (C=O) groups is 2. The second-order valence-electron chi connectivity index (χ2n) is 4.27. The minimum atomic E-state index is -5.06. The van der Waals surface area contributed by atoms with E-state index in [1.807, 2.05) is 0 Å². The summed E-state index contributed by atoms with van der Waals surface area (Å²) in [6.45, 7) is 0. The zero-order valence-corrected chi connectivity index (χ0v) is 12.9. The van der Waals surface area contributed by atoms with E-state index in [-0.39, 0.29) is 21.0 Å². The van der Waals surface area contributed by atoms with Crippen molar-refractivity contribution in [1.29, 1.82) is 0 Å². The summed E-state index contributed by atoms with van der Waals surface area (Å²) < 4.78 is 43.1. The molecule has 0 aliphatic carbocycles. The van der Waals surface area contributed by atoms with Crippen LogP contribution >= 0.6 is 22.9 Å². The number of hydrogen-bond acceptors (Lipinski definition) is 4. The molecule has 0 bridgehead atoms. The fraction of sp³-hybridized carbons (Fsp3) is 0.231. The minimum Gasteiger partial charge on any atom is -0.465 e. The smallest absolute Gasteiger partial charge is 0.465 e. The number of ether oxygens (including phenoxy) is 1. The molecule has 0 spiro atoms. The molecule has 9 heteroatoms.